The Bertz CT molecular complexity index is 404. The molecule has 100 valence electrons. The van der Waals surface area contributed by atoms with Gasteiger partial charge in [-0.25, -0.2) is 9.97 Å². The second kappa shape index (κ2) is 5.09. The fourth-order valence-corrected chi connectivity index (χ4v) is 1.71. The summed E-state index contributed by atoms with van der Waals surface area (Å²) >= 11 is 0. The summed E-state index contributed by atoms with van der Waals surface area (Å²) < 4.78 is 37.0. The number of aromatic nitrogens is 2. The van der Waals surface area contributed by atoms with Crippen molar-refractivity contribution in [3.63, 3.8) is 0 Å². The molecular formula is C11H15F3N4. The number of halogens is 3. The molecule has 0 bridgehead atoms. The number of nitrogens with zero attached hydrogens (tertiary/aromatic N) is 3. The highest BCUT2D eigenvalue weighted by atomic mass is 19.4. The van der Waals surface area contributed by atoms with Crippen molar-refractivity contribution in [1.29, 1.82) is 0 Å². The summed E-state index contributed by atoms with van der Waals surface area (Å²) in [4.78, 5) is 8.90. The van der Waals surface area contributed by atoms with E-state index in [-0.39, 0.29) is 0 Å². The van der Waals surface area contributed by atoms with Gasteiger partial charge >= 0.3 is 6.18 Å². The smallest absolute Gasteiger partial charge is 0.350 e. The molecule has 1 aliphatic carbocycles. The van der Waals surface area contributed by atoms with E-state index in [2.05, 4.69) is 15.3 Å². The molecule has 1 aromatic heterocycles. The van der Waals surface area contributed by atoms with Crippen molar-refractivity contribution >= 4 is 5.82 Å². The molecule has 2 rings (SSSR count). The zero-order valence-corrected chi connectivity index (χ0v) is 10.0. The SMILES string of the molecule is CN(CC(F)(F)F)c1ncncc1CNC1CC1. The Balaban J connectivity index is 2.05. The summed E-state index contributed by atoms with van der Waals surface area (Å²) in [5.41, 5.74) is 0.691. The number of rotatable bonds is 5. The zero-order valence-electron chi connectivity index (χ0n) is 10.0. The van der Waals surface area contributed by atoms with Crippen molar-refractivity contribution in [2.75, 3.05) is 18.5 Å². The van der Waals surface area contributed by atoms with Crippen LogP contribution in [0.4, 0.5) is 19.0 Å². The highest BCUT2D eigenvalue weighted by Gasteiger charge is 2.30. The number of hydrogen-bond acceptors (Lipinski definition) is 4. The molecule has 0 aromatic carbocycles. The highest BCUT2D eigenvalue weighted by molar-refractivity contribution is 5.44. The molecule has 1 aliphatic rings. The third kappa shape index (κ3) is 3.83. The Labute approximate surface area is 103 Å². The monoisotopic (exact) mass is 260 g/mol. The van der Waals surface area contributed by atoms with E-state index < -0.39 is 12.7 Å². The van der Waals surface area contributed by atoms with Gasteiger partial charge in [-0.15, -0.1) is 0 Å². The fourth-order valence-electron chi connectivity index (χ4n) is 1.71. The van der Waals surface area contributed by atoms with Crippen LogP contribution < -0.4 is 10.2 Å². The molecule has 4 nitrogen and oxygen atoms in total. The molecule has 0 saturated heterocycles. The molecule has 1 fully saturated rings. The molecule has 1 N–H and O–H groups in total. The van der Waals surface area contributed by atoms with Gasteiger partial charge in [0.1, 0.15) is 18.7 Å². The van der Waals surface area contributed by atoms with Crippen LogP contribution in [0.3, 0.4) is 0 Å². The van der Waals surface area contributed by atoms with Crippen LogP contribution in [-0.4, -0.2) is 35.8 Å². The van der Waals surface area contributed by atoms with Gasteiger partial charge in [-0.1, -0.05) is 0 Å². The number of hydrogen-bond donors (Lipinski definition) is 1. The maximum absolute atomic E-state index is 12.3. The first-order valence-electron chi connectivity index (χ1n) is 5.76. The lowest BCUT2D eigenvalue weighted by Crippen LogP contribution is -2.32. The molecule has 1 saturated carbocycles. The zero-order chi connectivity index (χ0) is 13.2. The highest BCUT2D eigenvalue weighted by Crippen LogP contribution is 2.23. The van der Waals surface area contributed by atoms with Crippen LogP contribution in [0, 0.1) is 0 Å². The van der Waals surface area contributed by atoms with E-state index in [1.165, 1.54) is 13.4 Å². The van der Waals surface area contributed by atoms with Gasteiger partial charge < -0.3 is 10.2 Å². The van der Waals surface area contributed by atoms with Crippen molar-refractivity contribution in [3.8, 4) is 0 Å². The average Bonchev–Trinajstić information content (AvgIpc) is 3.08. The average molecular weight is 260 g/mol. The molecule has 1 aromatic rings. The van der Waals surface area contributed by atoms with Gasteiger partial charge in [-0.05, 0) is 12.8 Å². The fraction of sp³-hybridized carbons (Fsp3) is 0.636. The van der Waals surface area contributed by atoms with Crippen LogP contribution in [0.25, 0.3) is 0 Å². The van der Waals surface area contributed by atoms with Crippen LogP contribution in [0.15, 0.2) is 12.5 Å². The molecule has 0 unspecified atom stereocenters. The maximum Gasteiger partial charge on any atom is 0.405 e. The van der Waals surface area contributed by atoms with Crippen LogP contribution in [-0.2, 0) is 6.54 Å². The van der Waals surface area contributed by atoms with Crippen molar-refractivity contribution in [2.45, 2.75) is 31.6 Å². The summed E-state index contributed by atoms with van der Waals surface area (Å²) in [6, 6.07) is 0.492. The molecule has 0 spiro atoms. The van der Waals surface area contributed by atoms with Crippen molar-refractivity contribution in [3.05, 3.63) is 18.1 Å². The van der Waals surface area contributed by atoms with Gasteiger partial charge in [0, 0.05) is 31.4 Å². The molecule has 0 atom stereocenters. The summed E-state index contributed by atoms with van der Waals surface area (Å²) in [5.74, 6) is 0.329. The predicted octanol–water partition coefficient (Wildman–Crippen LogP) is 1.73. The Morgan fingerprint density at radius 1 is 1.44 bits per heavy atom. The van der Waals surface area contributed by atoms with E-state index in [0.717, 1.165) is 17.7 Å². The predicted molar refractivity (Wildman–Crippen MR) is 61.2 cm³/mol. The van der Waals surface area contributed by atoms with Crippen molar-refractivity contribution in [1.82, 2.24) is 15.3 Å². The van der Waals surface area contributed by atoms with E-state index in [0.29, 0.717) is 24.0 Å². The Hall–Kier alpha value is -1.37. The normalized spacial score (nSPS) is 15.8. The third-order valence-electron chi connectivity index (χ3n) is 2.70. The standard InChI is InChI=1S/C11H15F3N4/c1-18(6-11(12,13)14)10-8(4-15-7-17-10)5-16-9-2-3-9/h4,7,9,16H,2-3,5-6H2,1H3. The van der Waals surface area contributed by atoms with E-state index in [1.807, 2.05) is 0 Å². The lowest BCUT2D eigenvalue weighted by Gasteiger charge is -2.22. The maximum atomic E-state index is 12.3. The van der Waals surface area contributed by atoms with Crippen LogP contribution in [0.1, 0.15) is 18.4 Å². The molecule has 0 radical (unpaired) electrons. The number of nitrogens with one attached hydrogen (secondary N) is 1. The van der Waals surface area contributed by atoms with E-state index >= 15 is 0 Å². The first kappa shape index (κ1) is 13.1. The topological polar surface area (TPSA) is 41.1 Å². The van der Waals surface area contributed by atoms with Gasteiger partial charge in [0.2, 0.25) is 0 Å². The Morgan fingerprint density at radius 2 is 2.17 bits per heavy atom. The summed E-state index contributed by atoms with van der Waals surface area (Å²) in [6.45, 7) is -0.510. The minimum absolute atomic E-state index is 0.329. The molecule has 0 amide bonds. The van der Waals surface area contributed by atoms with Gasteiger partial charge in [0.15, 0.2) is 0 Å². The first-order valence-corrected chi connectivity index (χ1v) is 5.76. The van der Waals surface area contributed by atoms with Gasteiger partial charge in [-0.3, -0.25) is 0 Å². The first-order chi connectivity index (χ1) is 8.46. The van der Waals surface area contributed by atoms with Crippen LogP contribution in [0.5, 0.6) is 0 Å². The molecule has 1 heterocycles. The number of alkyl halides is 3. The Kier molecular flexibility index (Phi) is 3.70. The van der Waals surface area contributed by atoms with Crippen molar-refractivity contribution in [2.24, 2.45) is 0 Å². The molecular weight excluding hydrogens is 245 g/mol. The second-order valence-electron chi connectivity index (χ2n) is 4.50. The van der Waals surface area contributed by atoms with E-state index in [9.17, 15) is 13.2 Å². The second-order valence-corrected chi connectivity index (χ2v) is 4.50. The van der Waals surface area contributed by atoms with Gasteiger partial charge in [-0.2, -0.15) is 13.2 Å². The molecule has 0 aliphatic heterocycles. The van der Waals surface area contributed by atoms with Crippen LogP contribution in [0.2, 0.25) is 0 Å². The third-order valence-corrected chi connectivity index (χ3v) is 2.70. The summed E-state index contributed by atoms with van der Waals surface area (Å²) in [5, 5.41) is 3.24. The quantitative estimate of drug-likeness (QED) is 0.875. The van der Waals surface area contributed by atoms with Gasteiger partial charge in [0.25, 0.3) is 0 Å². The van der Waals surface area contributed by atoms with Crippen LogP contribution >= 0.6 is 0 Å². The van der Waals surface area contributed by atoms with Gasteiger partial charge in [0.05, 0.1) is 0 Å². The lowest BCUT2D eigenvalue weighted by atomic mass is 10.3. The van der Waals surface area contributed by atoms with E-state index in [1.54, 1.807) is 6.20 Å². The van der Waals surface area contributed by atoms with E-state index in [4.69, 9.17) is 0 Å². The summed E-state index contributed by atoms with van der Waals surface area (Å²) in [6.07, 6.45) is 0.844. The molecule has 7 heteroatoms. The summed E-state index contributed by atoms with van der Waals surface area (Å²) in [7, 11) is 1.39. The van der Waals surface area contributed by atoms with Crippen molar-refractivity contribution < 1.29 is 13.2 Å². The minimum atomic E-state index is -4.24. The Morgan fingerprint density at radius 3 is 2.78 bits per heavy atom. The minimum Gasteiger partial charge on any atom is -0.350 e. The number of anilines is 1. The lowest BCUT2D eigenvalue weighted by molar-refractivity contribution is -0.119. The molecule has 18 heavy (non-hydrogen) atoms. The largest absolute Gasteiger partial charge is 0.405 e.